The van der Waals surface area contributed by atoms with Gasteiger partial charge in [-0.1, -0.05) is 0 Å². The maximum atomic E-state index is 9.97. The number of carboxylic acids is 2. The summed E-state index contributed by atoms with van der Waals surface area (Å²) < 4.78 is 0. The molecule has 0 amide bonds. The van der Waals surface area contributed by atoms with E-state index in [2.05, 4.69) is 0 Å². The first-order valence-corrected chi connectivity index (χ1v) is 4.29. The van der Waals surface area contributed by atoms with E-state index in [-0.39, 0.29) is 65.7 Å². The molecule has 0 radical (unpaired) electrons. The summed E-state index contributed by atoms with van der Waals surface area (Å²) in [5, 5.41) is 16.4. The minimum Gasteiger partial charge on any atom is -1.00 e. The Balaban J connectivity index is -0.000000500. The van der Waals surface area contributed by atoms with Crippen LogP contribution < -0.4 is 51.4 Å². The van der Waals surface area contributed by atoms with Crippen LogP contribution in [0, 0.1) is 0 Å². The number of hydrogen-bond donors (Lipinski definition) is 2. The predicted octanol–water partition coefficient (Wildman–Crippen LogP) is -2.21. The summed E-state index contributed by atoms with van der Waals surface area (Å²) in [7, 11) is 0. The molecule has 0 saturated heterocycles. The summed E-state index contributed by atoms with van der Waals surface area (Å²) in [5.41, 5.74) is 0. The van der Waals surface area contributed by atoms with Crippen LogP contribution in [-0.4, -0.2) is 33.7 Å². The number of aliphatic carboxylic acids is 2. The number of rotatable bonds is 6. The molecule has 0 atom stereocenters. The van der Waals surface area contributed by atoms with Gasteiger partial charge in [0.25, 0.3) is 0 Å². The van der Waals surface area contributed by atoms with Gasteiger partial charge in [0.2, 0.25) is 0 Å². The SMILES string of the molecule is O=C(O)CCSCCC(=O)O.[H-].[K+]. The molecule has 0 heterocycles. The molecule has 12 heavy (non-hydrogen) atoms. The largest absolute Gasteiger partial charge is 1.00 e. The van der Waals surface area contributed by atoms with Gasteiger partial charge >= 0.3 is 63.3 Å². The molecular weight excluding hydrogens is 207 g/mol. The third-order valence-corrected chi connectivity index (χ3v) is 1.91. The van der Waals surface area contributed by atoms with Gasteiger partial charge in [-0.15, -0.1) is 0 Å². The van der Waals surface area contributed by atoms with Gasteiger partial charge in [-0.05, 0) is 0 Å². The predicted molar refractivity (Wildman–Crippen MR) is 42.9 cm³/mol. The van der Waals surface area contributed by atoms with E-state index in [0.717, 1.165) is 0 Å². The molecule has 66 valence electrons. The molecule has 0 aromatic heterocycles. The van der Waals surface area contributed by atoms with Crippen molar-refractivity contribution in [3.63, 3.8) is 0 Å². The second-order valence-electron chi connectivity index (χ2n) is 1.90. The first-order valence-electron chi connectivity index (χ1n) is 3.14. The Hall–Kier alpha value is 0.926. The number of carboxylic acid groups (broad SMARTS) is 2. The van der Waals surface area contributed by atoms with Crippen molar-refractivity contribution in [1.82, 2.24) is 0 Å². The molecule has 0 fully saturated rings. The minimum absolute atomic E-state index is 0. The molecule has 2 N–H and O–H groups in total. The molecule has 0 aliphatic heterocycles. The van der Waals surface area contributed by atoms with Crippen molar-refractivity contribution in [2.75, 3.05) is 11.5 Å². The molecular formula is C6H11KO4S. The Bertz CT molecular complexity index is 140. The van der Waals surface area contributed by atoms with Crippen molar-refractivity contribution < 1.29 is 72.6 Å². The van der Waals surface area contributed by atoms with Gasteiger partial charge in [0, 0.05) is 11.5 Å². The van der Waals surface area contributed by atoms with Gasteiger partial charge in [-0.25, -0.2) is 0 Å². The Morgan fingerprint density at radius 3 is 1.67 bits per heavy atom. The van der Waals surface area contributed by atoms with Gasteiger partial charge < -0.3 is 11.6 Å². The molecule has 0 spiro atoms. The van der Waals surface area contributed by atoms with Crippen molar-refractivity contribution in [3.8, 4) is 0 Å². The zero-order valence-corrected chi connectivity index (χ0v) is 10.9. The fourth-order valence-electron chi connectivity index (χ4n) is 0.421. The second-order valence-corrected chi connectivity index (χ2v) is 3.12. The zero-order chi connectivity index (χ0) is 8.69. The van der Waals surface area contributed by atoms with Gasteiger partial charge in [-0.3, -0.25) is 9.59 Å². The van der Waals surface area contributed by atoms with Crippen LogP contribution in [0.3, 0.4) is 0 Å². The van der Waals surface area contributed by atoms with Crippen LogP contribution in [0.4, 0.5) is 0 Å². The summed E-state index contributed by atoms with van der Waals surface area (Å²) in [5.74, 6) is -0.703. The van der Waals surface area contributed by atoms with E-state index in [0.29, 0.717) is 11.5 Å². The van der Waals surface area contributed by atoms with Gasteiger partial charge in [0.15, 0.2) is 0 Å². The van der Waals surface area contributed by atoms with E-state index in [1.165, 1.54) is 11.8 Å². The molecule has 0 unspecified atom stereocenters. The second kappa shape index (κ2) is 10.0. The maximum absolute atomic E-state index is 9.97. The van der Waals surface area contributed by atoms with Crippen molar-refractivity contribution >= 4 is 23.7 Å². The molecule has 0 saturated carbocycles. The van der Waals surface area contributed by atoms with E-state index in [1.54, 1.807) is 0 Å². The standard InChI is InChI=1S/C6H10O4S.K.H/c7-5(8)1-3-11-4-2-6(9)10;;/h1-4H2,(H,7,8)(H,9,10);;/q;+1;-1. The number of carbonyl (C=O) groups is 2. The molecule has 0 aromatic rings. The topological polar surface area (TPSA) is 74.6 Å². The first-order chi connectivity index (χ1) is 5.13. The average molecular weight is 218 g/mol. The van der Waals surface area contributed by atoms with Crippen LogP contribution in [-0.2, 0) is 9.59 Å². The summed E-state index contributed by atoms with van der Waals surface area (Å²) in [6.07, 6.45) is 0.203. The van der Waals surface area contributed by atoms with Gasteiger partial charge in [0.1, 0.15) is 0 Å². The normalized spacial score (nSPS) is 8.67. The van der Waals surface area contributed by atoms with E-state index >= 15 is 0 Å². The fraction of sp³-hybridized carbons (Fsp3) is 0.667. The number of thioether (sulfide) groups is 1. The van der Waals surface area contributed by atoms with Crippen LogP contribution in [0.5, 0.6) is 0 Å². The van der Waals surface area contributed by atoms with Crippen molar-refractivity contribution in [2.45, 2.75) is 12.8 Å². The zero-order valence-electron chi connectivity index (χ0n) is 7.95. The molecule has 0 aromatic carbocycles. The van der Waals surface area contributed by atoms with E-state index in [1.807, 2.05) is 0 Å². The van der Waals surface area contributed by atoms with Crippen LogP contribution >= 0.6 is 11.8 Å². The average Bonchev–Trinajstić information content (AvgIpc) is 1.85. The molecule has 0 bridgehead atoms. The summed E-state index contributed by atoms with van der Waals surface area (Å²) >= 11 is 1.35. The molecule has 6 heteroatoms. The van der Waals surface area contributed by atoms with Crippen LogP contribution in [0.15, 0.2) is 0 Å². The fourth-order valence-corrected chi connectivity index (χ4v) is 1.26. The van der Waals surface area contributed by atoms with E-state index in [9.17, 15) is 9.59 Å². The summed E-state index contributed by atoms with van der Waals surface area (Å²) in [6.45, 7) is 0. The number of hydrogen-bond acceptors (Lipinski definition) is 3. The third-order valence-electron chi connectivity index (χ3n) is 0.921. The molecule has 0 aliphatic rings. The third kappa shape index (κ3) is 13.5. The van der Waals surface area contributed by atoms with Gasteiger partial charge in [-0.2, -0.15) is 11.8 Å². The van der Waals surface area contributed by atoms with E-state index in [4.69, 9.17) is 10.2 Å². The smallest absolute Gasteiger partial charge is 1.00 e. The van der Waals surface area contributed by atoms with Crippen LogP contribution in [0.1, 0.15) is 14.3 Å². The van der Waals surface area contributed by atoms with Crippen molar-refractivity contribution in [3.05, 3.63) is 0 Å². The van der Waals surface area contributed by atoms with Crippen molar-refractivity contribution in [2.24, 2.45) is 0 Å². The van der Waals surface area contributed by atoms with Crippen LogP contribution in [0.25, 0.3) is 0 Å². The minimum atomic E-state index is -0.840. The van der Waals surface area contributed by atoms with Crippen LogP contribution in [0.2, 0.25) is 0 Å². The van der Waals surface area contributed by atoms with E-state index < -0.39 is 11.9 Å². The quantitative estimate of drug-likeness (QED) is 0.390. The Kier molecular flexibility index (Phi) is 12.8. The summed E-state index contributed by atoms with van der Waals surface area (Å²) in [4.78, 5) is 19.9. The Morgan fingerprint density at radius 1 is 1.08 bits per heavy atom. The molecule has 0 rings (SSSR count). The van der Waals surface area contributed by atoms with Crippen molar-refractivity contribution in [1.29, 1.82) is 0 Å². The maximum Gasteiger partial charge on any atom is 1.00 e. The molecule has 4 nitrogen and oxygen atoms in total. The Labute approximate surface area is 119 Å². The monoisotopic (exact) mass is 218 g/mol. The molecule has 0 aliphatic carbocycles. The van der Waals surface area contributed by atoms with Gasteiger partial charge in [0.05, 0.1) is 12.8 Å². The first kappa shape index (κ1) is 15.4. The summed E-state index contributed by atoms with van der Waals surface area (Å²) in [6, 6.07) is 0. The Morgan fingerprint density at radius 2 is 1.42 bits per heavy atom.